The molecule has 1 aromatic rings. The summed E-state index contributed by atoms with van der Waals surface area (Å²) in [6, 6.07) is 6.34. The monoisotopic (exact) mass is 377 g/mol. The van der Waals surface area contributed by atoms with Crippen LogP contribution in [0.2, 0.25) is 0 Å². The molecular formula is C19H24FN3O4. The van der Waals surface area contributed by atoms with Crippen LogP contribution < -0.4 is 0 Å². The van der Waals surface area contributed by atoms with Crippen LogP contribution in [0.3, 0.4) is 0 Å². The quantitative estimate of drug-likeness (QED) is 0.797. The van der Waals surface area contributed by atoms with E-state index in [9.17, 15) is 18.8 Å². The van der Waals surface area contributed by atoms with Crippen molar-refractivity contribution in [3.05, 3.63) is 35.6 Å². The topological polar surface area (TPSA) is 70.2 Å². The van der Waals surface area contributed by atoms with Crippen molar-refractivity contribution < 1.29 is 23.5 Å². The van der Waals surface area contributed by atoms with Gasteiger partial charge in [-0.15, -0.1) is 0 Å². The van der Waals surface area contributed by atoms with Crippen LogP contribution in [0.1, 0.15) is 18.9 Å². The van der Waals surface area contributed by atoms with E-state index < -0.39 is 5.92 Å². The highest BCUT2D eigenvalue weighted by atomic mass is 19.1. The van der Waals surface area contributed by atoms with Gasteiger partial charge in [0.15, 0.2) is 0 Å². The minimum atomic E-state index is -0.418. The summed E-state index contributed by atoms with van der Waals surface area (Å²) in [5.74, 6) is -0.988. The number of halogens is 1. The lowest BCUT2D eigenvalue weighted by atomic mass is 10.1. The predicted octanol–water partition coefficient (Wildman–Crippen LogP) is 1.47. The number of likely N-dealkylation sites (tertiary alicyclic amines) is 1. The lowest BCUT2D eigenvalue weighted by Crippen LogP contribution is -2.52. The van der Waals surface area contributed by atoms with Crippen molar-refractivity contribution in [2.24, 2.45) is 5.92 Å². The third-order valence-corrected chi connectivity index (χ3v) is 5.00. The lowest BCUT2D eigenvalue weighted by Gasteiger charge is -2.35. The second-order valence-electron chi connectivity index (χ2n) is 6.78. The molecular weight excluding hydrogens is 353 g/mol. The van der Waals surface area contributed by atoms with Crippen LogP contribution in [0.4, 0.5) is 9.18 Å². The first-order valence-corrected chi connectivity index (χ1v) is 9.21. The van der Waals surface area contributed by atoms with Crippen molar-refractivity contribution in [1.82, 2.24) is 14.7 Å². The summed E-state index contributed by atoms with van der Waals surface area (Å²) >= 11 is 0. The van der Waals surface area contributed by atoms with E-state index in [-0.39, 0.29) is 36.7 Å². The first-order chi connectivity index (χ1) is 13.0. The van der Waals surface area contributed by atoms with Gasteiger partial charge in [0.1, 0.15) is 5.82 Å². The van der Waals surface area contributed by atoms with Crippen LogP contribution in [-0.2, 0) is 20.9 Å². The van der Waals surface area contributed by atoms with Crippen LogP contribution in [0.5, 0.6) is 0 Å². The molecule has 3 rings (SSSR count). The molecule has 2 heterocycles. The van der Waals surface area contributed by atoms with Crippen molar-refractivity contribution >= 4 is 17.9 Å². The number of nitrogens with zero attached hydrogens (tertiary/aromatic N) is 3. The SMILES string of the molecule is CCOC(=O)N1CCN(C(=O)C2CC(=O)N(Cc3ccccc3F)C2)CC1. The average molecular weight is 377 g/mol. The molecule has 0 spiro atoms. The van der Waals surface area contributed by atoms with Crippen LogP contribution in [0.15, 0.2) is 24.3 Å². The normalized spacial score (nSPS) is 20.1. The van der Waals surface area contributed by atoms with Gasteiger partial charge in [-0.2, -0.15) is 0 Å². The Hall–Kier alpha value is -2.64. The number of carbonyl (C=O) groups excluding carboxylic acids is 3. The zero-order chi connectivity index (χ0) is 19.4. The van der Waals surface area contributed by atoms with Crippen molar-refractivity contribution in [3.8, 4) is 0 Å². The summed E-state index contributed by atoms with van der Waals surface area (Å²) in [6.45, 7) is 4.23. The highest BCUT2D eigenvalue weighted by Gasteiger charge is 2.37. The van der Waals surface area contributed by atoms with Gasteiger partial charge in [-0.1, -0.05) is 18.2 Å². The van der Waals surface area contributed by atoms with Crippen LogP contribution in [0.25, 0.3) is 0 Å². The molecule has 0 saturated carbocycles. The van der Waals surface area contributed by atoms with Gasteiger partial charge < -0.3 is 19.4 Å². The fourth-order valence-electron chi connectivity index (χ4n) is 3.51. The summed E-state index contributed by atoms with van der Waals surface area (Å²) in [5, 5.41) is 0. The Labute approximate surface area is 157 Å². The Kier molecular flexibility index (Phi) is 5.93. The molecule has 2 fully saturated rings. The molecule has 2 saturated heterocycles. The van der Waals surface area contributed by atoms with Gasteiger partial charge in [-0.25, -0.2) is 9.18 Å². The molecule has 0 aliphatic carbocycles. The van der Waals surface area contributed by atoms with Gasteiger partial charge in [0.25, 0.3) is 0 Å². The van der Waals surface area contributed by atoms with E-state index in [2.05, 4.69) is 0 Å². The second-order valence-corrected chi connectivity index (χ2v) is 6.78. The molecule has 0 bridgehead atoms. The third-order valence-electron chi connectivity index (χ3n) is 5.00. The molecule has 7 nitrogen and oxygen atoms in total. The minimum Gasteiger partial charge on any atom is -0.450 e. The Morgan fingerprint density at radius 3 is 2.48 bits per heavy atom. The van der Waals surface area contributed by atoms with Crippen molar-refractivity contribution in [1.29, 1.82) is 0 Å². The molecule has 8 heteroatoms. The number of rotatable bonds is 4. The van der Waals surface area contributed by atoms with Gasteiger partial charge in [0.05, 0.1) is 12.5 Å². The third kappa shape index (κ3) is 4.37. The number of hydrogen-bond donors (Lipinski definition) is 0. The smallest absolute Gasteiger partial charge is 0.409 e. The molecule has 27 heavy (non-hydrogen) atoms. The summed E-state index contributed by atoms with van der Waals surface area (Å²) in [7, 11) is 0. The van der Waals surface area contributed by atoms with Gasteiger partial charge in [-0.3, -0.25) is 9.59 Å². The molecule has 146 valence electrons. The fraction of sp³-hybridized carbons (Fsp3) is 0.526. The highest BCUT2D eigenvalue weighted by molar-refractivity contribution is 5.89. The Balaban J connectivity index is 1.54. The van der Waals surface area contributed by atoms with E-state index in [1.165, 1.54) is 11.0 Å². The molecule has 1 atom stereocenters. The molecule has 2 aliphatic rings. The fourth-order valence-corrected chi connectivity index (χ4v) is 3.51. The summed E-state index contributed by atoms with van der Waals surface area (Å²) in [4.78, 5) is 41.6. The number of piperazine rings is 1. The van der Waals surface area contributed by atoms with E-state index in [1.54, 1.807) is 34.9 Å². The van der Waals surface area contributed by atoms with E-state index in [0.29, 0.717) is 44.9 Å². The first-order valence-electron chi connectivity index (χ1n) is 9.21. The summed E-state index contributed by atoms with van der Waals surface area (Å²) in [6.07, 6.45) is -0.220. The maximum Gasteiger partial charge on any atom is 0.409 e. The maximum atomic E-state index is 13.8. The number of benzene rings is 1. The van der Waals surface area contributed by atoms with Crippen LogP contribution >= 0.6 is 0 Å². The highest BCUT2D eigenvalue weighted by Crippen LogP contribution is 2.23. The van der Waals surface area contributed by atoms with E-state index in [4.69, 9.17) is 4.74 Å². The van der Waals surface area contributed by atoms with E-state index in [0.717, 1.165) is 0 Å². The van der Waals surface area contributed by atoms with Crippen molar-refractivity contribution in [2.45, 2.75) is 19.9 Å². The van der Waals surface area contributed by atoms with Crippen molar-refractivity contribution in [3.63, 3.8) is 0 Å². The zero-order valence-corrected chi connectivity index (χ0v) is 15.4. The van der Waals surface area contributed by atoms with Gasteiger partial charge in [-0.05, 0) is 13.0 Å². The average Bonchev–Trinajstić information content (AvgIpc) is 3.04. The molecule has 2 aliphatic heterocycles. The van der Waals surface area contributed by atoms with Gasteiger partial charge in [0.2, 0.25) is 11.8 Å². The Morgan fingerprint density at radius 1 is 1.15 bits per heavy atom. The van der Waals surface area contributed by atoms with Crippen LogP contribution in [0, 0.1) is 11.7 Å². The van der Waals surface area contributed by atoms with Gasteiger partial charge in [0, 0.05) is 51.3 Å². The number of carbonyl (C=O) groups is 3. The standard InChI is InChI=1S/C19H24FN3O4/c1-2-27-19(26)22-9-7-21(8-10-22)18(25)15-11-17(24)23(13-15)12-14-5-3-4-6-16(14)20/h3-6,15H,2,7-13H2,1H3. The number of amides is 3. The largest absolute Gasteiger partial charge is 0.450 e. The second kappa shape index (κ2) is 8.37. The molecule has 1 unspecified atom stereocenters. The lowest BCUT2D eigenvalue weighted by molar-refractivity contribution is -0.137. The van der Waals surface area contributed by atoms with Crippen LogP contribution in [-0.4, -0.2) is 71.9 Å². The number of hydrogen-bond acceptors (Lipinski definition) is 4. The zero-order valence-electron chi connectivity index (χ0n) is 15.4. The van der Waals surface area contributed by atoms with Crippen molar-refractivity contribution in [2.75, 3.05) is 39.3 Å². The molecule has 0 radical (unpaired) electrons. The molecule has 1 aromatic carbocycles. The number of ether oxygens (including phenoxy) is 1. The first kappa shape index (κ1) is 19.1. The van der Waals surface area contributed by atoms with E-state index >= 15 is 0 Å². The Bertz CT molecular complexity index is 719. The molecule has 3 amide bonds. The predicted molar refractivity (Wildman–Crippen MR) is 95.1 cm³/mol. The molecule has 0 N–H and O–H groups in total. The Morgan fingerprint density at radius 2 is 1.81 bits per heavy atom. The van der Waals surface area contributed by atoms with Gasteiger partial charge >= 0.3 is 6.09 Å². The maximum absolute atomic E-state index is 13.8. The van der Waals surface area contributed by atoms with E-state index in [1.807, 2.05) is 0 Å². The summed E-state index contributed by atoms with van der Waals surface area (Å²) in [5.41, 5.74) is 0.446. The summed E-state index contributed by atoms with van der Waals surface area (Å²) < 4.78 is 18.8. The molecule has 0 aromatic heterocycles. The minimum absolute atomic E-state index is 0.0807.